The minimum Gasteiger partial charge on any atom is -0.497 e. The summed E-state index contributed by atoms with van der Waals surface area (Å²) in [7, 11) is -2.51. The molecule has 188 valence electrons. The Hall–Kier alpha value is -3.92. The molecule has 2 amide bonds. The molecule has 0 saturated heterocycles. The Bertz CT molecular complexity index is 1420. The zero-order valence-corrected chi connectivity index (χ0v) is 21.3. The molecule has 1 aliphatic rings. The molecule has 3 aromatic rings. The smallest absolute Gasteiger partial charge is 0.268 e. The van der Waals surface area contributed by atoms with Crippen LogP contribution in [0.5, 0.6) is 5.75 Å². The van der Waals surface area contributed by atoms with E-state index >= 15 is 0 Å². The second kappa shape index (κ2) is 9.98. The van der Waals surface area contributed by atoms with Gasteiger partial charge in [0.05, 0.1) is 19.3 Å². The molecule has 2 heterocycles. The number of ether oxygens (including phenoxy) is 1. The van der Waals surface area contributed by atoms with E-state index in [9.17, 15) is 18.0 Å². The van der Waals surface area contributed by atoms with E-state index in [1.165, 1.54) is 14.0 Å². The minimum atomic E-state index is -4.03. The van der Waals surface area contributed by atoms with Gasteiger partial charge in [0.15, 0.2) is 0 Å². The number of benzene rings is 2. The summed E-state index contributed by atoms with van der Waals surface area (Å²) in [6, 6.07) is 13.0. The monoisotopic (exact) mass is 509 g/mol. The fraction of sp³-hybridized carbons (Fsp3) is 0.269. The number of carbonyl (C=O) groups is 2. The van der Waals surface area contributed by atoms with E-state index < -0.39 is 15.9 Å². The SMILES string of the molecule is COc1ccc(C2=C(C)C(=O)N(Cc3ccc(C(=O)NCCc4c(C)noc4C)cc3)S2(=O)=O)cc1. The van der Waals surface area contributed by atoms with Gasteiger partial charge in [0.2, 0.25) is 0 Å². The Kier molecular flexibility index (Phi) is 6.98. The first-order valence-electron chi connectivity index (χ1n) is 11.3. The van der Waals surface area contributed by atoms with Crippen molar-refractivity contribution in [3.63, 3.8) is 0 Å². The predicted molar refractivity (Wildman–Crippen MR) is 134 cm³/mol. The molecule has 2 aromatic carbocycles. The quantitative estimate of drug-likeness (QED) is 0.494. The summed E-state index contributed by atoms with van der Waals surface area (Å²) in [4.78, 5) is 25.4. The Labute approximate surface area is 209 Å². The molecule has 1 aromatic heterocycles. The van der Waals surface area contributed by atoms with Crippen LogP contribution in [0.4, 0.5) is 0 Å². The van der Waals surface area contributed by atoms with E-state index in [1.807, 2.05) is 13.8 Å². The van der Waals surface area contributed by atoms with Gasteiger partial charge in [-0.1, -0.05) is 17.3 Å². The normalized spacial score (nSPS) is 14.9. The molecule has 0 radical (unpaired) electrons. The van der Waals surface area contributed by atoms with Crippen LogP contribution in [0.15, 0.2) is 58.6 Å². The molecule has 36 heavy (non-hydrogen) atoms. The number of methoxy groups -OCH3 is 1. The van der Waals surface area contributed by atoms with Gasteiger partial charge in [-0.05, 0) is 74.7 Å². The summed E-state index contributed by atoms with van der Waals surface area (Å²) in [6.07, 6.45) is 0.600. The van der Waals surface area contributed by atoms with Crippen LogP contribution in [0.2, 0.25) is 0 Å². The van der Waals surface area contributed by atoms with Crippen LogP contribution in [-0.4, -0.2) is 43.3 Å². The molecule has 0 fully saturated rings. The Morgan fingerprint density at radius 1 is 1.06 bits per heavy atom. The van der Waals surface area contributed by atoms with E-state index in [0.29, 0.717) is 35.4 Å². The highest BCUT2D eigenvalue weighted by molar-refractivity contribution is 7.99. The number of aryl methyl sites for hydroxylation is 2. The first kappa shape index (κ1) is 25.2. The van der Waals surface area contributed by atoms with E-state index in [-0.39, 0.29) is 22.9 Å². The van der Waals surface area contributed by atoms with Crippen molar-refractivity contribution in [2.75, 3.05) is 13.7 Å². The second-order valence-corrected chi connectivity index (χ2v) is 10.3. The number of nitrogens with one attached hydrogen (secondary N) is 1. The number of rotatable bonds is 8. The van der Waals surface area contributed by atoms with Crippen molar-refractivity contribution < 1.29 is 27.3 Å². The molecule has 0 saturated carbocycles. The summed E-state index contributed by atoms with van der Waals surface area (Å²) < 4.78 is 37.6. The summed E-state index contributed by atoms with van der Waals surface area (Å²) in [5, 5.41) is 6.76. The van der Waals surface area contributed by atoms with Crippen LogP contribution in [0, 0.1) is 13.8 Å². The van der Waals surface area contributed by atoms with Crippen LogP contribution < -0.4 is 10.1 Å². The lowest BCUT2D eigenvalue weighted by atomic mass is 10.1. The van der Waals surface area contributed by atoms with Gasteiger partial charge in [-0.25, -0.2) is 12.7 Å². The van der Waals surface area contributed by atoms with Crippen molar-refractivity contribution in [3.05, 3.63) is 87.8 Å². The van der Waals surface area contributed by atoms with Gasteiger partial charge in [-0.15, -0.1) is 0 Å². The lowest BCUT2D eigenvalue weighted by Crippen LogP contribution is -2.31. The molecule has 0 unspecified atom stereocenters. The molecule has 0 atom stereocenters. The fourth-order valence-corrected chi connectivity index (χ4v) is 5.95. The first-order chi connectivity index (χ1) is 17.1. The van der Waals surface area contributed by atoms with E-state index in [4.69, 9.17) is 9.26 Å². The topological polar surface area (TPSA) is 119 Å². The van der Waals surface area contributed by atoms with E-state index in [0.717, 1.165) is 21.3 Å². The molecule has 0 aliphatic carbocycles. The Morgan fingerprint density at radius 3 is 2.31 bits per heavy atom. The van der Waals surface area contributed by atoms with Crippen molar-refractivity contribution in [2.45, 2.75) is 33.7 Å². The summed E-state index contributed by atoms with van der Waals surface area (Å²) >= 11 is 0. The summed E-state index contributed by atoms with van der Waals surface area (Å²) in [5.74, 6) is 0.500. The predicted octanol–water partition coefficient (Wildman–Crippen LogP) is 3.38. The van der Waals surface area contributed by atoms with Gasteiger partial charge in [0.1, 0.15) is 16.4 Å². The average Bonchev–Trinajstić information content (AvgIpc) is 3.27. The van der Waals surface area contributed by atoms with Crippen LogP contribution >= 0.6 is 0 Å². The average molecular weight is 510 g/mol. The van der Waals surface area contributed by atoms with Crippen molar-refractivity contribution in [2.24, 2.45) is 0 Å². The number of carbonyl (C=O) groups excluding carboxylic acids is 2. The standard InChI is InChI=1S/C26H27N3O6S/c1-16-24(20-9-11-22(34-4)12-10-20)36(32,33)29(26(16)31)15-19-5-7-21(8-6-19)25(30)27-14-13-23-17(2)28-35-18(23)3/h5-12H,13-15H2,1-4H3,(H,27,30). The Balaban J connectivity index is 1.42. The highest BCUT2D eigenvalue weighted by Gasteiger charge is 2.42. The van der Waals surface area contributed by atoms with Crippen LogP contribution in [0.3, 0.4) is 0 Å². The number of aromatic nitrogens is 1. The molecular formula is C26H27N3O6S. The highest BCUT2D eigenvalue weighted by atomic mass is 32.2. The third-order valence-corrected chi connectivity index (χ3v) is 8.11. The molecule has 1 N–H and O–H groups in total. The van der Waals surface area contributed by atoms with Gasteiger partial charge in [0.25, 0.3) is 21.8 Å². The summed E-state index contributed by atoms with van der Waals surface area (Å²) in [5.41, 5.74) is 3.38. The highest BCUT2D eigenvalue weighted by Crippen LogP contribution is 2.37. The van der Waals surface area contributed by atoms with Crippen molar-refractivity contribution in [1.82, 2.24) is 14.8 Å². The minimum absolute atomic E-state index is 0.00977. The molecule has 10 heteroatoms. The molecule has 0 spiro atoms. The lowest BCUT2D eigenvalue weighted by Gasteiger charge is -2.17. The maximum Gasteiger partial charge on any atom is 0.268 e. The number of sulfonamides is 1. The molecular weight excluding hydrogens is 482 g/mol. The van der Waals surface area contributed by atoms with E-state index in [2.05, 4.69) is 10.5 Å². The number of amides is 2. The third kappa shape index (κ3) is 4.76. The largest absolute Gasteiger partial charge is 0.497 e. The molecule has 4 rings (SSSR count). The van der Waals surface area contributed by atoms with Gasteiger partial charge >= 0.3 is 0 Å². The van der Waals surface area contributed by atoms with Crippen LogP contribution in [0.25, 0.3) is 4.91 Å². The number of hydrogen-bond donors (Lipinski definition) is 1. The van der Waals surface area contributed by atoms with Crippen molar-refractivity contribution in [1.29, 1.82) is 0 Å². The zero-order chi connectivity index (χ0) is 26.0. The van der Waals surface area contributed by atoms with Crippen molar-refractivity contribution in [3.8, 4) is 5.75 Å². The fourth-order valence-electron chi connectivity index (χ4n) is 4.15. The number of nitrogens with zero attached hydrogens (tertiary/aromatic N) is 2. The van der Waals surface area contributed by atoms with Crippen LogP contribution in [-0.2, 0) is 27.8 Å². The summed E-state index contributed by atoms with van der Waals surface area (Å²) in [6.45, 7) is 5.48. The van der Waals surface area contributed by atoms with Crippen molar-refractivity contribution >= 4 is 26.7 Å². The molecule has 1 aliphatic heterocycles. The Morgan fingerprint density at radius 2 is 1.72 bits per heavy atom. The van der Waals surface area contributed by atoms with Gasteiger partial charge in [0, 0.05) is 23.2 Å². The second-order valence-electron chi connectivity index (χ2n) is 8.51. The van der Waals surface area contributed by atoms with Gasteiger partial charge in [-0.3, -0.25) is 9.59 Å². The van der Waals surface area contributed by atoms with Gasteiger partial charge < -0.3 is 14.6 Å². The molecule has 0 bridgehead atoms. The van der Waals surface area contributed by atoms with Crippen LogP contribution in [0.1, 0.15) is 45.4 Å². The number of hydrogen-bond acceptors (Lipinski definition) is 7. The van der Waals surface area contributed by atoms with Gasteiger partial charge in [-0.2, -0.15) is 0 Å². The zero-order valence-electron chi connectivity index (χ0n) is 20.5. The first-order valence-corrected chi connectivity index (χ1v) is 12.8. The maximum absolute atomic E-state index is 13.3. The third-order valence-electron chi connectivity index (χ3n) is 6.17. The maximum atomic E-state index is 13.3. The van der Waals surface area contributed by atoms with E-state index in [1.54, 1.807) is 48.5 Å². The molecule has 9 nitrogen and oxygen atoms in total. The lowest BCUT2D eigenvalue weighted by molar-refractivity contribution is -0.122.